The van der Waals surface area contributed by atoms with E-state index in [2.05, 4.69) is 15.3 Å². The van der Waals surface area contributed by atoms with E-state index in [0.29, 0.717) is 18.7 Å². The van der Waals surface area contributed by atoms with Gasteiger partial charge in [-0.25, -0.2) is 4.98 Å². The van der Waals surface area contributed by atoms with Crippen LogP contribution in [0.15, 0.2) is 54.2 Å². The lowest BCUT2D eigenvalue weighted by molar-refractivity contribution is -0.123. The summed E-state index contributed by atoms with van der Waals surface area (Å²) in [4.78, 5) is 34.1. The fourth-order valence-corrected chi connectivity index (χ4v) is 3.81. The molecule has 0 bridgehead atoms. The third kappa shape index (κ3) is 4.78. The van der Waals surface area contributed by atoms with Gasteiger partial charge >= 0.3 is 0 Å². The molecule has 1 aromatic carbocycles. The minimum atomic E-state index is -0.218. The molecule has 2 aromatic heterocycles. The van der Waals surface area contributed by atoms with Gasteiger partial charge in [-0.15, -0.1) is 11.3 Å². The zero-order chi connectivity index (χ0) is 20.1. The summed E-state index contributed by atoms with van der Waals surface area (Å²) in [5, 5.41) is 5.60. The van der Waals surface area contributed by atoms with E-state index in [-0.39, 0.29) is 18.4 Å². The highest BCUT2D eigenvalue weighted by molar-refractivity contribution is 7.09. The molecule has 1 fully saturated rings. The molecule has 0 spiro atoms. The fourth-order valence-electron chi connectivity index (χ4n) is 3.06. The maximum absolute atomic E-state index is 12.1. The van der Waals surface area contributed by atoms with Crippen LogP contribution in [0, 0.1) is 0 Å². The van der Waals surface area contributed by atoms with E-state index < -0.39 is 0 Å². The van der Waals surface area contributed by atoms with Gasteiger partial charge in [-0.2, -0.15) is 0 Å². The summed E-state index contributed by atoms with van der Waals surface area (Å²) < 4.78 is 5.54. The molecule has 1 aliphatic rings. The van der Waals surface area contributed by atoms with Crippen molar-refractivity contribution >= 4 is 28.8 Å². The van der Waals surface area contributed by atoms with E-state index >= 15 is 0 Å². The smallest absolute Gasteiger partial charge is 0.258 e. The number of ether oxygens (including phenoxy) is 1. The van der Waals surface area contributed by atoms with Crippen molar-refractivity contribution in [2.24, 2.45) is 0 Å². The molecule has 8 heteroatoms. The molecule has 0 saturated carbocycles. The van der Waals surface area contributed by atoms with Gasteiger partial charge < -0.3 is 15.0 Å². The number of benzene rings is 1. The van der Waals surface area contributed by atoms with Crippen LogP contribution >= 0.6 is 11.3 Å². The first kappa shape index (κ1) is 19.1. The van der Waals surface area contributed by atoms with Crippen molar-refractivity contribution in [2.45, 2.75) is 19.4 Å². The van der Waals surface area contributed by atoms with Crippen LogP contribution in [0.25, 0.3) is 11.3 Å². The number of rotatable bonds is 7. The topological polar surface area (TPSA) is 84.4 Å². The molecule has 0 aliphatic carbocycles. The normalized spacial score (nSPS) is 13.5. The lowest BCUT2D eigenvalue weighted by atomic mass is 10.2. The Balaban J connectivity index is 1.24. The summed E-state index contributed by atoms with van der Waals surface area (Å²) in [6.07, 6.45) is 4.94. The molecule has 0 radical (unpaired) electrons. The molecule has 29 heavy (non-hydrogen) atoms. The minimum absolute atomic E-state index is 0.0788. The maximum atomic E-state index is 12.1. The van der Waals surface area contributed by atoms with Crippen molar-refractivity contribution in [1.29, 1.82) is 0 Å². The van der Waals surface area contributed by atoms with Crippen molar-refractivity contribution < 1.29 is 14.3 Å². The van der Waals surface area contributed by atoms with Crippen molar-refractivity contribution in [1.82, 2.24) is 15.3 Å². The molecule has 7 nitrogen and oxygen atoms in total. The minimum Gasteiger partial charge on any atom is -0.484 e. The van der Waals surface area contributed by atoms with Gasteiger partial charge in [0.2, 0.25) is 5.91 Å². The number of nitrogens with zero attached hydrogens (tertiary/aromatic N) is 3. The zero-order valence-corrected chi connectivity index (χ0v) is 16.5. The van der Waals surface area contributed by atoms with Crippen LogP contribution in [0.4, 0.5) is 5.69 Å². The van der Waals surface area contributed by atoms with E-state index in [9.17, 15) is 9.59 Å². The number of carbonyl (C=O) groups excluding carboxylic acids is 2. The summed E-state index contributed by atoms with van der Waals surface area (Å²) in [6.45, 7) is 1.03. The molecule has 4 rings (SSSR count). The van der Waals surface area contributed by atoms with Gasteiger partial charge in [-0.05, 0) is 42.8 Å². The summed E-state index contributed by atoms with van der Waals surface area (Å²) in [5.41, 5.74) is 2.73. The van der Waals surface area contributed by atoms with E-state index in [0.717, 1.165) is 34.9 Å². The van der Waals surface area contributed by atoms with Crippen molar-refractivity contribution in [3.05, 3.63) is 59.2 Å². The van der Waals surface area contributed by atoms with Crippen molar-refractivity contribution in [2.75, 3.05) is 18.1 Å². The van der Waals surface area contributed by atoms with Crippen molar-refractivity contribution in [3.63, 3.8) is 0 Å². The monoisotopic (exact) mass is 408 g/mol. The number of nitrogens with one attached hydrogen (secondary N) is 1. The highest BCUT2D eigenvalue weighted by atomic mass is 32.1. The van der Waals surface area contributed by atoms with Crippen LogP contribution in [0.5, 0.6) is 5.75 Å². The standard InChI is InChI=1S/C21H20N4O3S/c26-19(23-12-20-24-18(14-29-20)15-7-9-22-10-8-15)13-28-17-5-3-16(4-6-17)25-11-1-2-21(25)27/h3-10,14H,1-2,11-13H2,(H,23,26). The lowest BCUT2D eigenvalue weighted by Gasteiger charge is -2.16. The number of amides is 2. The summed E-state index contributed by atoms with van der Waals surface area (Å²) in [7, 11) is 0. The Kier molecular flexibility index (Phi) is 5.81. The van der Waals surface area contributed by atoms with E-state index in [1.807, 2.05) is 29.6 Å². The Morgan fingerprint density at radius 3 is 2.69 bits per heavy atom. The molecule has 3 aromatic rings. The van der Waals surface area contributed by atoms with Gasteiger partial charge in [0, 0.05) is 42.0 Å². The van der Waals surface area contributed by atoms with Crippen LogP contribution in [0.2, 0.25) is 0 Å². The number of pyridine rings is 1. The second kappa shape index (κ2) is 8.83. The fraction of sp³-hybridized carbons (Fsp3) is 0.238. The Hall–Kier alpha value is -3.26. The van der Waals surface area contributed by atoms with Crippen LogP contribution in [0.1, 0.15) is 17.8 Å². The number of carbonyl (C=O) groups is 2. The third-order valence-electron chi connectivity index (χ3n) is 4.56. The highest BCUT2D eigenvalue weighted by Crippen LogP contribution is 2.24. The quantitative estimate of drug-likeness (QED) is 0.650. The Labute approximate surface area is 172 Å². The average molecular weight is 408 g/mol. The molecule has 1 N–H and O–H groups in total. The maximum Gasteiger partial charge on any atom is 0.258 e. The van der Waals surface area contributed by atoms with Gasteiger partial charge in [0.25, 0.3) is 5.91 Å². The number of thiazole rings is 1. The lowest BCUT2D eigenvalue weighted by Crippen LogP contribution is -2.28. The molecule has 0 atom stereocenters. The first-order valence-electron chi connectivity index (χ1n) is 9.34. The van der Waals surface area contributed by atoms with Gasteiger partial charge in [0.05, 0.1) is 12.2 Å². The third-order valence-corrected chi connectivity index (χ3v) is 5.41. The first-order chi connectivity index (χ1) is 14.2. The average Bonchev–Trinajstić information content (AvgIpc) is 3.41. The Bertz CT molecular complexity index is 989. The predicted molar refractivity (Wildman–Crippen MR) is 111 cm³/mol. The zero-order valence-electron chi connectivity index (χ0n) is 15.7. The highest BCUT2D eigenvalue weighted by Gasteiger charge is 2.21. The van der Waals surface area contributed by atoms with Crippen LogP contribution in [-0.2, 0) is 16.1 Å². The molecular formula is C21H20N4O3S. The molecule has 148 valence electrons. The SMILES string of the molecule is O=C(COc1ccc(N2CCCC2=O)cc1)NCc1nc(-c2ccncc2)cs1. The molecule has 0 unspecified atom stereocenters. The Morgan fingerprint density at radius 1 is 1.17 bits per heavy atom. The van der Waals surface area contributed by atoms with Crippen LogP contribution in [0.3, 0.4) is 0 Å². The largest absolute Gasteiger partial charge is 0.484 e. The molecule has 1 aliphatic heterocycles. The van der Waals surface area contributed by atoms with Crippen LogP contribution < -0.4 is 15.0 Å². The number of anilines is 1. The van der Waals surface area contributed by atoms with Gasteiger partial charge in [0.15, 0.2) is 6.61 Å². The first-order valence-corrected chi connectivity index (χ1v) is 10.2. The summed E-state index contributed by atoms with van der Waals surface area (Å²) in [6, 6.07) is 11.0. The Morgan fingerprint density at radius 2 is 1.97 bits per heavy atom. The number of hydrogen-bond donors (Lipinski definition) is 1. The van der Waals surface area contributed by atoms with Crippen molar-refractivity contribution in [3.8, 4) is 17.0 Å². The predicted octanol–water partition coefficient (Wildman–Crippen LogP) is 3.03. The molecule has 2 amide bonds. The van der Waals surface area contributed by atoms with E-state index in [1.54, 1.807) is 29.4 Å². The second-order valence-electron chi connectivity index (χ2n) is 6.57. The summed E-state index contributed by atoms with van der Waals surface area (Å²) in [5.74, 6) is 0.515. The van der Waals surface area contributed by atoms with Gasteiger partial charge in [-0.1, -0.05) is 0 Å². The molecule has 1 saturated heterocycles. The molecule has 3 heterocycles. The number of aromatic nitrogens is 2. The van der Waals surface area contributed by atoms with Crippen LogP contribution in [-0.4, -0.2) is 34.9 Å². The second-order valence-corrected chi connectivity index (χ2v) is 7.51. The number of hydrogen-bond acceptors (Lipinski definition) is 6. The van der Waals surface area contributed by atoms with E-state index in [1.165, 1.54) is 11.3 Å². The van der Waals surface area contributed by atoms with Gasteiger partial charge in [-0.3, -0.25) is 14.6 Å². The summed E-state index contributed by atoms with van der Waals surface area (Å²) >= 11 is 1.50. The van der Waals surface area contributed by atoms with Gasteiger partial charge in [0.1, 0.15) is 10.8 Å². The van der Waals surface area contributed by atoms with E-state index in [4.69, 9.17) is 4.74 Å². The molecular weight excluding hydrogens is 388 g/mol.